The van der Waals surface area contributed by atoms with Gasteiger partial charge in [0.25, 0.3) is 5.69 Å². The standard InChI is InChI=1S/C10H12N6O4S/c1-11-7-2-3-8(16(17)18)9(4-7)21(19,20)14-5-10-12-6-13-15-10/h2-4,6,11,14H,5H2,1H3,(H,12,13,15). The molecule has 112 valence electrons. The Balaban J connectivity index is 2.35. The summed E-state index contributed by atoms with van der Waals surface area (Å²) in [5.74, 6) is 0.297. The van der Waals surface area contributed by atoms with Crippen LogP contribution in [0, 0.1) is 10.1 Å². The predicted molar refractivity (Wildman–Crippen MR) is 73.1 cm³/mol. The number of H-pyrrole nitrogens is 1. The fourth-order valence-electron chi connectivity index (χ4n) is 1.59. The maximum atomic E-state index is 12.2. The summed E-state index contributed by atoms with van der Waals surface area (Å²) in [6.07, 6.45) is 1.23. The Labute approximate surface area is 119 Å². The zero-order chi connectivity index (χ0) is 15.5. The lowest BCUT2D eigenvalue weighted by Crippen LogP contribution is -2.24. The van der Waals surface area contributed by atoms with Crippen LogP contribution >= 0.6 is 0 Å². The van der Waals surface area contributed by atoms with Crippen LogP contribution in [0.1, 0.15) is 5.82 Å². The van der Waals surface area contributed by atoms with Crippen molar-refractivity contribution in [2.45, 2.75) is 11.4 Å². The number of nitrogens with one attached hydrogen (secondary N) is 3. The van der Waals surface area contributed by atoms with Crippen LogP contribution in [-0.4, -0.2) is 35.6 Å². The Kier molecular flexibility index (Phi) is 4.14. The predicted octanol–water partition coefficient (Wildman–Crippen LogP) is 0.233. The molecule has 2 aromatic rings. The molecule has 0 saturated carbocycles. The molecule has 0 radical (unpaired) electrons. The number of rotatable bonds is 6. The number of nitrogens with zero attached hydrogens (tertiary/aromatic N) is 3. The van der Waals surface area contributed by atoms with Crippen LogP contribution in [0.3, 0.4) is 0 Å². The monoisotopic (exact) mass is 312 g/mol. The van der Waals surface area contributed by atoms with Crippen molar-refractivity contribution in [3.05, 3.63) is 40.5 Å². The average molecular weight is 312 g/mol. The van der Waals surface area contributed by atoms with Crippen LogP contribution in [0.5, 0.6) is 0 Å². The minimum absolute atomic E-state index is 0.150. The van der Waals surface area contributed by atoms with E-state index in [9.17, 15) is 18.5 Å². The van der Waals surface area contributed by atoms with Crippen molar-refractivity contribution in [2.75, 3.05) is 12.4 Å². The molecule has 0 fully saturated rings. The quantitative estimate of drug-likeness (QED) is 0.511. The molecule has 0 aliphatic heterocycles. The van der Waals surface area contributed by atoms with Crippen LogP contribution < -0.4 is 10.0 Å². The minimum atomic E-state index is -4.06. The van der Waals surface area contributed by atoms with Gasteiger partial charge in [0.2, 0.25) is 10.0 Å². The smallest absolute Gasteiger partial charge is 0.289 e. The van der Waals surface area contributed by atoms with E-state index in [1.807, 2.05) is 0 Å². The van der Waals surface area contributed by atoms with Gasteiger partial charge in [-0.15, -0.1) is 0 Å². The number of hydrogen-bond donors (Lipinski definition) is 3. The van der Waals surface area contributed by atoms with E-state index in [4.69, 9.17) is 0 Å². The lowest BCUT2D eigenvalue weighted by molar-refractivity contribution is -0.387. The summed E-state index contributed by atoms with van der Waals surface area (Å²) in [5, 5.41) is 19.8. The Morgan fingerprint density at radius 2 is 2.19 bits per heavy atom. The van der Waals surface area contributed by atoms with E-state index in [-0.39, 0.29) is 6.54 Å². The molecule has 0 saturated heterocycles. The van der Waals surface area contributed by atoms with Gasteiger partial charge < -0.3 is 5.32 Å². The Bertz CT molecular complexity index is 743. The molecule has 2 rings (SSSR count). The van der Waals surface area contributed by atoms with E-state index in [0.717, 1.165) is 6.07 Å². The first-order valence-electron chi connectivity index (χ1n) is 5.74. The third-order valence-corrected chi connectivity index (χ3v) is 4.06. The molecule has 0 aliphatic rings. The second-order valence-electron chi connectivity index (χ2n) is 3.95. The van der Waals surface area contributed by atoms with Gasteiger partial charge in [0.15, 0.2) is 4.90 Å². The van der Waals surface area contributed by atoms with E-state index in [1.165, 1.54) is 18.5 Å². The minimum Gasteiger partial charge on any atom is -0.388 e. The fourth-order valence-corrected chi connectivity index (χ4v) is 2.78. The second kappa shape index (κ2) is 5.85. The summed E-state index contributed by atoms with van der Waals surface area (Å²) < 4.78 is 26.7. The van der Waals surface area contributed by atoms with Crippen LogP contribution in [0.15, 0.2) is 29.4 Å². The summed E-state index contributed by atoms with van der Waals surface area (Å²) >= 11 is 0. The molecule has 0 atom stereocenters. The topological polar surface area (TPSA) is 143 Å². The van der Waals surface area contributed by atoms with E-state index in [2.05, 4.69) is 25.2 Å². The van der Waals surface area contributed by atoms with Crippen molar-refractivity contribution >= 4 is 21.4 Å². The van der Waals surface area contributed by atoms with Crippen LogP contribution in [0.4, 0.5) is 11.4 Å². The van der Waals surface area contributed by atoms with Crippen molar-refractivity contribution in [3.8, 4) is 0 Å². The number of sulfonamides is 1. The molecule has 1 aromatic carbocycles. The first kappa shape index (κ1) is 14.9. The number of nitro groups is 1. The van der Waals surface area contributed by atoms with Gasteiger partial charge in [0, 0.05) is 18.8 Å². The lowest BCUT2D eigenvalue weighted by atomic mass is 10.3. The third-order valence-electron chi connectivity index (χ3n) is 2.63. The Morgan fingerprint density at radius 1 is 1.43 bits per heavy atom. The van der Waals surface area contributed by atoms with Crippen LogP contribution in [-0.2, 0) is 16.6 Å². The lowest BCUT2D eigenvalue weighted by Gasteiger charge is -2.08. The highest BCUT2D eigenvalue weighted by molar-refractivity contribution is 7.89. The first-order valence-corrected chi connectivity index (χ1v) is 7.22. The summed E-state index contributed by atoms with van der Waals surface area (Å²) in [5.41, 5.74) is -0.0558. The normalized spacial score (nSPS) is 11.3. The highest BCUT2D eigenvalue weighted by Gasteiger charge is 2.26. The van der Waals surface area contributed by atoms with E-state index >= 15 is 0 Å². The molecule has 11 heteroatoms. The molecule has 0 aliphatic carbocycles. The van der Waals surface area contributed by atoms with Gasteiger partial charge in [-0.25, -0.2) is 18.1 Å². The molecule has 3 N–H and O–H groups in total. The zero-order valence-electron chi connectivity index (χ0n) is 10.9. The van der Waals surface area contributed by atoms with Crippen molar-refractivity contribution < 1.29 is 13.3 Å². The number of aromatic amines is 1. The largest absolute Gasteiger partial charge is 0.388 e. The van der Waals surface area contributed by atoms with Gasteiger partial charge in [-0.2, -0.15) is 5.10 Å². The van der Waals surface area contributed by atoms with Gasteiger partial charge in [0.1, 0.15) is 12.2 Å². The van der Waals surface area contributed by atoms with Crippen LogP contribution in [0.25, 0.3) is 0 Å². The summed E-state index contributed by atoms with van der Waals surface area (Å²) in [4.78, 5) is 13.6. The summed E-state index contributed by atoms with van der Waals surface area (Å²) in [6, 6.07) is 3.75. The maximum Gasteiger partial charge on any atom is 0.289 e. The van der Waals surface area contributed by atoms with Gasteiger partial charge >= 0.3 is 0 Å². The van der Waals surface area contributed by atoms with Gasteiger partial charge in [0.05, 0.1) is 11.5 Å². The summed E-state index contributed by atoms with van der Waals surface area (Å²) in [6.45, 7) is -0.150. The van der Waals surface area contributed by atoms with E-state index in [1.54, 1.807) is 7.05 Å². The zero-order valence-corrected chi connectivity index (χ0v) is 11.7. The van der Waals surface area contributed by atoms with E-state index in [0.29, 0.717) is 11.5 Å². The molecule has 1 aromatic heterocycles. The second-order valence-corrected chi connectivity index (χ2v) is 5.68. The van der Waals surface area contributed by atoms with Gasteiger partial charge in [-0.3, -0.25) is 15.2 Å². The van der Waals surface area contributed by atoms with Gasteiger partial charge in [-0.05, 0) is 12.1 Å². The fraction of sp³-hybridized carbons (Fsp3) is 0.200. The highest BCUT2D eigenvalue weighted by atomic mass is 32.2. The van der Waals surface area contributed by atoms with Crippen molar-refractivity contribution in [1.29, 1.82) is 0 Å². The number of aromatic nitrogens is 3. The number of nitro benzene ring substituents is 1. The third kappa shape index (κ3) is 3.32. The highest BCUT2D eigenvalue weighted by Crippen LogP contribution is 2.26. The molecule has 1 heterocycles. The van der Waals surface area contributed by atoms with E-state index < -0.39 is 25.5 Å². The molecule has 21 heavy (non-hydrogen) atoms. The Morgan fingerprint density at radius 3 is 2.76 bits per heavy atom. The molecular weight excluding hydrogens is 300 g/mol. The molecule has 0 bridgehead atoms. The first-order chi connectivity index (χ1) is 9.94. The number of anilines is 1. The summed E-state index contributed by atoms with van der Waals surface area (Å²) in [7, 11) is -2.48. The Hall–Kier alpha value is -2.53. The molecule has 0 unspecified atom stereocenters. The number of benzene rings is 1. The maximum absolute atomic E-state index is 12.2. The molecule has 10 nitrogen and oxygen atoms in total. The van der Waals surface area contributed by atoms with Crippen LogP contribution in [0.2, 0.25) is 0 Å². The number of hydrogen-bond acceptors (Lipinski definition) is 7. The van der Waals surface area contributed by atoms with Crippen molar-refractivity contribution in [2.24, 2.45) is 0 Å². The van der Waals surface area contributed by atoms with Gasteiger partial charge in [-0.1, -0.05) is 0 Å². The van der Waals surface area contributed by atoms with Crippen molar-refractivity contribution in [3.63, 3.8) is 0 Å². The SMILES string of the molecule is CNc1ccc([N+](=O)[O-])c(S(=O)(=O)NCc2ncn[nH]2)c1. The molecule has 0 spiro atoms. The van der Waals surface area contributed by atoms with Crippen molar-refractivity contribution in [1.82, 2.24) is 19.9 Å². The molecular formula is C10H12N6O4S. The molecule has 0 amide bonds. The average Bonchev–Trinajstić information content (AvgIpc) is 2.98.